The van der Waals surface area contributed by atoms with Crippen molar-refractivity contribution in [1.82, 2.24) is 19.7 Å². The first kappa shape index (κ1) is 16.7. The number of aryl methyl sites for hydroxylation is 1. The normalized spacial score (nSPS) is 14.8. The van der Waals surface area contributed by atoms with Crippen LogP contribution in [0.25, 0.3) is 22.3 Å². The Balaban J connectivity index is 1.82. The van der Waals surface area contributed by atoms with Gasteiger partial charge in [-0.3, -0.25) is 0 Å². The first-order chi connectivity index (χ1) is 12.6. The summed E-state index contributed by atoms with van der Waals surface area (Å²) in [6.45, 7) is 2.63. The first-order valence-corrected chi connectivity index (χ1v) is 8.54. The summed E-state index contributed by atoms with van der Waals surface area (Å²) in [5.41, 5.74) is 2.71. The molecule has 7 nitrogen and oxygen atoms in total. The molecule has 1 fully saturated rings. The number of hydrogen-bond donors (Lipinski definition) is 0. The van der Waals surface area contributed by atoms with Crippen molar-refractivity contribution in [2.75, 3.05) is 50.2 Å². The fraction of sp³-hybridized carbons (Fsp3) is 0.389. The molecule has 0 bridgehead atoms. The van der Waals surface area contributed by atoms with Gasteiger partial charge in [-0.05, 0) is 12.1 Å². The summed E-state index contributed by atoms with van der Waals surface area (Å²) in [5, 5.41) is 5.39. The molecule has 0 N–H and O–H groups in total. The zero-order valence-electron chi connectivity index (χ0n) is 15.1. The van der Waals surface area contributed by atoms with Crippen LogP contribution < -0.4 is 9.80 Å². The Morgan fingerprint density at radius 1 is 1.15 bits per heavy atom. The third-order valence-corrected chi connectivity index (χ3v) is 4.60. The van der Waals surface area contributed by atoms with Crippen molar-refractivity contribution in [1.29, 1.82) is 0 Å². The smallest absolute Gasteiger partial charge is 0.163 e. The van der Waals surface area contributed by atoms with Crippen LogP contribution in [0.1, 0.15) is 0 Å². The molecule has 2 aromatic heterocycles. The van der Waals surface area contributed by atoms with Gasteiger partial charge in [0, 0.05) is 39.8 Å². The maximum atomic E-state index is 14.8. The molecule has 1 aliphatic heterocycles. The Labute approximate surface area is 151 Å². The van der Waals surface area contributed by atoms with Crippen LogP contribution in [0, 0.1) is 5.82 Å². The van der Waals surface area contributed by atoms with Gasteiger partial charge in [-0.25, -0.2) is 19.0 Å². The molecule has 26 heavy (non-hydrogen) atoms. The van der Waals surface area contributed by atoms with Crippen LogP contribution in [0.3, 0.4) is 0 Å². The highest BCUT2D eigenvalue weighted by Crippen LogP contribution is 2.34. The molecule has 0 spiro atoms. The minimum absolute atomic E-state index is 0.258. The summed E-state index contributed by atoms with van der Waals surface area (Å²) in [6, 6.07) is 5.26. The summed E-state index contributed by atoms with van der Waals surface area (Å²) >= 11 is 0. The second kappa shape index (κ2) is 6.53. The standard InChI is InChI=1S/C18H21FN6O/c1-23(2)17-15-16(22-24(3)18(15)21-11-20-17)12-4-5-14(13(19)10-12)25-6-8-26-9-7-25/h4-5,10-11H,6-9H2,1-3H3. The fourth-order valence-corrected chi connectivity index (χ4v) is 3.33. The van der Waals surface area contributed by atoms with Crippen molar-refractivity contribution >= 4 is 22.5 Å². The molecule has 0 saturated carbocycles. The van der Waals surface area contributed by atoms with Crippen LogP contribution in [0.15, 0.2) is 24.5 Å². The molecule has 0 atom stereocenters. The van der Waals surface area contributed by atoms with E-state index in [0.717, 1.165) is 16.9 Å². The second-order valence-corrected chi connectivity index (χ2v) is 6.53. The average molecular weight is 356 g/mol. The number of halogens is 1. The summed E-state index contributed by atoms with van der Waals surface area (Å²) in [6.07, 6.45) is 1.52. The lowest BCUT2D eigenvalue weighted by Crippen LogP contribution is -2.36. The highest BCUT2D eigenvalue weighted by atomic mass is 19.1. The fourth-order valence-electron chi connectivity index (χ4n) is 3.33. The van der Waals surface area contributed by atoms with E-state index in [2.05, 4.69) is 15.1 Å². The number of morpholine rings is 1. The van der Waals surface area contributed by atoms with E-state index < -0.39 is 0 Å². The maximum Gasteiger partial charge on any atom is 0.163 e. The van der Waals surface area contributed by atoms with Gasteiger partial charge in [0.25, 0.3) is 0 Å². The Kier molecular flexibility index (Phi) is 4.20. The average Bonchev–Trinajstić information content (AvgIpc) is 2.99. The van der Waals surface area contributed by atoms with E-state index in [1.807, 2.05) is 43.1 Å². The molecular weight excluding hydrogens is 335 g/mol. The molecule has 0 amide bonds. The van der Waals surface area contributed by atoms with Crippen molar-refractivity contribution in [2.45, 2.75) is 0 Å². The Morgan fingerprint density at radius 3 is 2.62 bits per heavy atom. The molecule has 3 heterocycles. The summed E-state index contributed by atoms with van der Waals surface area (Å²) < 4.78 is 21.9. The van der Waals surface area contributed by atoms with E-state index in [1.54, 1.807) is 10.7 Å². The van der Waals surface area contributed by atoms with Crippen molar-refractivity contribution in [3.8, 4) is 11.3 Å². The zero-order chi connectivity index (χ0) is 18.3. The quantitative estimate of drug-likeness (QED) is 0.716. The predicted molar refractivity (Wildman–Crippen MR) is 99.1 cm³/mol. The first-order valence-electron chi connectivity index (χ1n) is 8.54. The van der Waals surface area contributed by atoms with Gasteiger partial charge in [-0.1, -0.05) is 6.07 Å². The van der Waals surface area contributed by atoms with Crippen LogP contribution in [-0.2, 0) is 11.8 Å². The van der Waals surface area contributed by atoms with E-state index in [1.165, 1.54) is 6.33 Å². The molecule has 1 saturated heterocycles. The number of rotatable bonds is 3. The minimum Gasteiger partial charge on any atom is -0.378 e. The largest absolute Gasteiger partial charge is 0.378 e. The van der Waals surface area contributed by atoms with Gasteiger partial charge in [-0.15, -0.1) is 0 Å². The van der Waals surface area contributed by atoms with Gasteiger partial charge >= 0.3 is 0 Å². The van der Waals surface area contributed by atoms with Crippen LogP contribution in [-0.4, -0.2) is 60.1 Å². The molecule has 4 rings (SSSR count). The number of anilines is 2. The van der Waals surface area contributed by atoms with Gasteiger partial charge in [0.15, 0.2) is 5.65 Å². The third kappa shape index (κ3) is 2.76. The number of hydrogen-bond acceptors (Lipinski definition) is 6. The molecule has 0 radical (unpaired) electrons. The van der Waals surface area contributed by atoms with E-state index in [-0.39, 0.29) is 5.82 Å². The van der Waals surface area contributed by atoms with Gasteiger partial charge in [-0.2, -0.15) is 5.10 Å². The van der Waals surface area contributed by atoms with Crippen LogP contribution in [0.5, 0.6) is 0 Å². The molecular formula is C18H21FN6O. The SMILES string of the molecule is CN(C)c1ncnc2c1c(-c1ccc(N3CCOCC3)c(F)c1)nn2C. The van der Waals surface area contributed by atoms with Crippen molar-refractivity contribution < 1.29 is 9.13 Å². The lowest BCUT2D eigenvalue weighted by Gasteiger charge is -2.29. The van der Waals surface area contributed by atoms with Gasteiger partial charge in [0.05, 0.1) is 24.3 Å². The Morgan fingerprint density at radius 2 is 1.92 bits per heavy atom. The maximum absolute atomic E-state index is 14.8. The monoisotopic (exact) mass is 356 g/mol. The lowest BCUT2D eigenvalue weighted by atomic mass is 10.1. The van der Waals surface area contributed by atoms with Crippen LogP contribution >= 0.6 is 0 Å². The van der Waals surface area contributed by atoms with E-state index >= 15 is 0 Å². The predicted octanol–water partition coefficient (Wildman–Crippen LogP) is 2.07. The van der Waals surface area contributed by atoms with Gasteiger partial charge < -0.3 is 14.5 Å². The van der Waals surface area contributed by atoms with Crippen molar-refractivity contribution in [3.63, 3.8) is 0 Å². The molecule has 1 aromatic carbocycles. The summed E-state index contributed by atoms with van der Waals surface area (Å²) in [7, 11) is 5.66. The number of aromatic nitrogens is 4. The van der Waals surface area contributed by atoms with Crippen LogP contribution in [0.4, 0.5) is 15.9 Å². The van der Waals surface area contributed by atoms with Gasteiger partial charge in [0.2, 0.25) is 0 Å². The number of ether oxygens (including phenoxy) is 1. The molecule has 1 aliphatic rings. The molecule has 0 aliphatic carbocycles. The van der Waals surface area contributed by atoms with E-state index in [0.29, 0.717) is 43.2 Å². The highest BCUT2D eigenvalue weighted by molar-refractivity contribution is 5.99. The summed E-state index contributed by atoms with van der Waals surface area (Å²) in [4.78, 5) is 12.6. The molecule has 136 valence electrons. The Hall–Kier alpha value is -2.74. The third-order valence-electron chi connectivity index (χ3n) is 4.60. The van der Waals surface area contributed by atoms with Crippen molar-refractivity contribution in [3.05, 3.63) is 30.3 Å². The van der Waals surface area contributed by atoms with Crippen LogP contribution in [0.2, 0.25) is 0 Å². The number of fused-ring (bicyclic) bond motifs is 1. The Bertz CT molecular complexity index is 948. The van der Waals surface area contributed by atoms with E-state index in [4.69, 9.17) is 4.74 Å². The highest BCUT2D eigenvalue weighted by Gasteiger charge is 2.20. The molecule has 3 aromatic rings. The number of benzene rings is 1. The van der Waals surface area contributed by atoms with Gasteiger partial charge in [0.1, 0.15) is 23.7 Å². The topological polar surface area (TPSA) is 59.3 Å². The number of nitrogens with zero attached hydrogens (tertiary/aromatic N) is 6. The lowest BCUT2D eigenvalue weighted by molar-refractivity contribution is 0.122. The minimum atomic E-state index is -0.258. The molecule has 0 unspecified atom stereocenters. The molecule has 8 heteroatoms. The van der Waals surface area contributed by atoms with Crippen molar-refractivity contribution in [2.24, 2.45) is 7.05 Å². The zero-order valence-corrected chi connectivity index (χ0v) is 15.1. The van der Waals surface area contributed by atoms with E-state index in [9.17, 15) is 4.39 Å². The summed E-state index contributed by atoms with van der Waals surface area (Å²) in [5.74, 6) is 0.502. The second-order valence-electron chi connectivity index (χ2n) is 6.53.